The van der Waals surface area contributed by atoms with E-state index in [1.807, 2.05) is 0 Å². The van der Waals surface area contributed by atoms with Gasteiger partial charge in [-0.3, -0.25) is 15.3 Å². The van der Waals surface area contributed by atoms with E-state index in [1.165, 1.54) is 0 Å². The van der Waals surface area contributed by atoms with E-state index in [4.69, 9.17) is 10.8 Å². The zero-order valence-electron chi connectivity index (χ0n) is 6.75. The summed E-state index contributed by atoms with van der Waals surface area (Å²) in [7, 11) is 0. The first kappa shape index (κ1) is 9.19. The molecule has 0 unspecified atom stereocenters. The van der Waals surface area contributed by atoms with E-state index < -0.39 is 11.7 Å². The number of nitrogens with one attached hydrogen (secondary N) is 1. The van der Waals surface area contributed by atoms with Gasteiger partial charge in [0.05, 0.1) is 6.10 Å². The van der Waals surface area contributed by atoms with E-state index >= 15 is 0 Å². The lowest BCUT2D eigenvalue weighted by atomic mass is 9.84. The maximum atomic E-state index is 11.0. The molecular weight excluding hydrogens is 158 g/mol. The minimum absolute atomic E-state index is 0.307. The Hall–Kier alpha value is -0.900. The molecule has 0 aromatic carbocycles. The molecule has 0 heterocycles. The third-order valence-corrected chi connectivity index (χ3v) is 2.29. The van der Waals surface area contributed by atoms with Gasteiger partial charge in [-0.1, -0.05) is 0 Å². The molecule has 0 aromatic heterocycles. The number of rotatable bonds is 2. The second kappa shape index (κ2) is 3.67. The Morgan fingerprint density at radius 3 is 2.08 bits per heavy atom. The number of aliphatic hydroxyl groups excluding tert-OH is 1. The molecule has 1 saturated carbocycles. The Labute approximate surface area is 70.7 Å². The van der Waals surface area contributed by atoms with E-state index in [0.29, 0.717) is 25.7 Å². The number of carbonyl (C=O) groups is 2. The molecule has 1 radical (unpaired) electrons. The van der Waals surface area contributed by atoms with Crippen LogP contribution in [0.1, 0.15) is 25.7 Å². The fourth-order valence-electron chi connectivity index (χ4n) is 1.52. The van der Waals surface area contributed by atoms with E-state index in [0.717, 1.165) is 0 Å². The van der Waals surface area contributed by atoms with Crippen LogP contribution in [0, 0.1) is 5.92 Å². The minimum atomic E-state index is -1.10. The van der Waals surface area contributed by atoms with Crippen molar-refractivity contribution in [2.75, 3.05) is 0 Å². The Bertz CT molecular complexity index is 194. The molecule has 0 saturated heterocycles. The summed E-state index contributed by atoms with van der Waals surface area (Å²) in [4.78, 5) is 21.4. The molecule has 1 aliphatic carbocycles. The van der Waals surface area contributed by atoms with E-state index in [2.05, 4.69) is 0 Å². The molecule has 2 N–H and O–H groups in total. The van der Waals surface area contributed by atoms with Crippen molar-refractivity contribution in [3.8, 4) is 0 Å². The standard InChI is InChI=1S/C8H12NO3/c9-8(12)7(11)5-1-3-6(10)4-2-5/h5-6,9-10H,1-4H2. The monoisotopic (exact) mass is 170 g/mol. The van der Waals surface area contributed by atoms with Gasteiger partial charge in [0, 0.05) is 5.92 Å². The summed E-state index contributed by atoms with van der Waals surface area (Å²) in [6.07, 6.45) is 1.91. The van der Waals surface area contributed by atoms with Crippen molar-refractivity contribution in [2.45, 2.75) is 31.8 Å². The number of Topliss-reactive ketones (excluding diaryl/α,β-unsaturated/α-hetero) is 1. The number of ketones is 1. The van der Waals surface area contributed by atoms with Gasteiger partial charge in [-0.05, 0) is 25.7 Å². The van der Waals surface area contributed by atoms with Crippen LogP contribution in [0.4, 0.5) is 0 Å². The Kier molecular flexibility index (Phi) is 2.81. The van der Waals surface area contributed by atoms with Gasteiger partial charge in [-0.2, -0.15) is 0 Å². The van der Waals surface area contributed by atoms with Crippen molar-refractivity contribution in [1.29, 1.82) is 0 Å². The normalized spacial score (nSPS) is 29.8. The Morgan fingerprint density at radius 2 is 1.67 bits per heavy atom. The van der Waals surface area contributed by atoms with Crippen LogP contribution in [0.2, 0.25) is 0 Å². The van der Waals surface area contributed by atoms with Gasteiger partial charge < -0.3 is 5.11 Å². The molecule has 0 aromatic rings. The number of amides is 1. The van der Waals surface area contributed by atoms with Crippen molar-refractivity contribution in [2.24, 2.45) is 5.92 Å². The third kappa shape index (κ3) is 2.04. The number of aliphatic hydroxyl groups is 1. The highest BCUT2D eigenvalue weighted by Gasteiger charge is 2.28. The van der Waals surface area contributed by atoms with Crippen molar-refractivity contribution < 1.29 is 14.7 Å². The molecule has 4 heteroatoms. The topological polar surface area (TPSA) is 78.2 Å². The zero-order valence-corrected chi connectivity index (χ0v) is 6.75. The molecule has 1 aliphatic rings. The zero-order chi connectivity index (χ0) is 9.14. The maximum absolute atomic E-state index is 11.0. The van der Waals surface area contributed by atoms with Crippen molar-refractivity contribution in [3.05, 3.63) is 0 Å². The average molecular weight is 170 g/mol. The van der Waals surface area contributed by atoms with Crippen LogP contribution in [0.25, 0.3) is 0 Å². The first-order valence-electron chi connectivity index (χ1n) is 4.09. The largest absolute Gasteiger partial charge is 0.393 e. The third-order valence-electron chi connectivity index (χ3n) is 2.29. The summed E-state index contributed by atoms with van der Waals surface area (Å²) in [5.74, 6) is -2.00. The lowest BCUT2D eigenvalue weighted by Crippen LogP contribution is -2.29. The molecule has 12 heavy (non-hydrogen) atoms. The van der Waals surface area contributed by atoms with E-state index in [1.54, 1.807) is 0 Å². The lowest BCUT2D eigenvalue weighted by molar-refractivity contribution is -0.139. The molecule has 67 valence electrons. The first-order chi connectivity index (χ1) is 5.61. The number of hydrogen-bond donors (Lipinski definition) is 1. The fourth-order valence-corrected chi connectivity index (χ4v) is 1.52. The van der Waals surface area contributed by atoms with E-state index in [-0.39, 0.29) is 12.0 Å². The molecule has 1 amide bonds. The van der Waals surface area contributed by atoms with Crippen molar-refractivity contribution in [3.63, 3.8) is 0 Å². The molecule has 4 nitrogen and oxygen atoms in total. The van der Waals surface area contributed by atoms with Gasteiger partial charge in [-0.15, -0.1) is 0 Å². The Morgan fingerprint density at radius 1 is 1.17 bits per heavy atom. The van der Waals surface area contributed by atoms with Gasteiger partial charge in [0.25, 0.3) is 0 Å². The number of hydrogen-bond acceptors (Lipinski definition) is 3. The highest BCUT2D eigenvalue weighted by molar-refractivity contribution is 6.36. The highest BCUT2D eigenvalue weighted by atomic mass is 16.3. The predicted molar refractivity (Wildman–Crippen MR) is 41.1 cm³/mol. The lowest BCUT2D eigenvalue weighted by Gasteiger charge is -2.22. The molecule has 1 rings (SSSR count). The van der Waals surface area contributed by atoms with Gasteiger partial charge >= 0.3 is 5.91 Å². The van der Waals surface area contributed by atoms with Crippen LogP contribution in [-0.4, -0.2) is 22.9 Å². The summed E-state index contributed by atoms with van der Waals surface area (Å²) in [5, 5.41) is 9.10. The smallest absolute Gasteiger partial charge is 0.306 e. The summed E-state index contributed by atoms with van der Waals surface area (Å²) in [5.41, 5.74) is 6.62. The van der Waals surface area contributed by atoms with Gasteiger partial charge in [0.15, 0.2) is 0 Å². The molecule has 1 fully saturated rings. The first-order valence-corrected chi connectivity index (χ1v) is 4.09. The van der Waals surface area contributed by atoms with Crippen LogP contribution in [0.5, 0.6) is 0 Å². The van der Waals surface area contributed by atoms with Crippen LogP contribution in [0.3, 0.4) is 0 Å². The summed E-state index contributed by atoms with van der Waals surface area (Å²) in [6.45, 7) is 0. The average Bonchev–Trinajstić information content (AvgIpc) is 2.04. The summed E-state index contributed by atoms with van der Waals surface area (Å²) >= 11 is 0. The molecule has 0 aliphatic heterocycles. The second-order valence-electron chi connectivity index (χ2n) is 3.20. The Balaban J connectivity index is 2.44. The minimum Gasteiger partial charge on any atom is -0.393 e. The second-order valence-corrected chi connectivity index (χ2v) is 3.20. The van der Waals surface area contributed by atoms with Crippen LogP contribution in [-0.2, 0) is 9.59 Å². The molecule has 0 spiro atoms. The van der Waals surface area contributed by atoms with Crippen LogP contribution >= 0.6 is 0 Å². The van der Waals surface area contributed by atoms with Gasteiger partial charge in [0.1, 0.15) is 0 Å². The molecule has 0 atom stereocenters. The van der Waals surface area contributed by atoms with Gasteiger partial charge in [0.2, 0.25) is 5.78 Å². The number of carbonyl (C=O) groups excluding carboxylic acids is 2. The summed E-state index contributed by atoms with van der Waals surface area (Å²) in [6, 6.07) is 0. The fraction of sp³-hybridized carbons (Fsp3) is 0.750. The highest BCUT2D eigenvalue weighted by Crippen LogP contribution is 2.24. The summed E-state index contributed by atoms with van der Waals surface area (Å²) < 4.78 is 0. The molecular formula is C8H12NO3. The predicted octanol–water partition coefficient (Wildman–Crippen LogP) is -0.0839. The van der Waals surface area contributed by atoms with Crippen LogP contribution in [0.15, 0.2) is 0 Å². The SMILES string of the molecule is [NH]C(=O)C(=O)C1CCC(O)CC1. The molecule has 0 bridgehead atoms. The van der Waals surface area contributed by atoms with Gasteiger partial charge in [-0.25, -0.2) is 0 Å². The van der Waals surface area contributed by atoms with Crippen molar-refractivity contribution in [1.82, 2.24) is 5.73 Å². The maximum Gasteiger partial charge on any atom is 0.306 e. The quantitative estimate of drug-likeness (QED) is 0.588. The van der Waals surface area contributed by atoms with E-state index in [9.17, 15) is 9.59 Å². The van der Waals surface area contributed by atoms with Crippen LogP contribution < -0.4 is 5.73 Å². The van der Waals surface area contributed by atoms with Crippen molar-refractivity contribution >= 4 is 11.7 Å².